The molecule has 0 saturated heterocycles. The first-order chi connectivity index (χ1) is 10.6. The Bertz CT molecular complexity index is 677. The molecule has 4 nitrogen and oxygen atoms in total. The van der Waals surface area contributed by atoms with Crippen LogP contribution in [0.2, 0.25) is 0 Å². The molecule has 0 aromatic carbocycles. The largest absolute Gasteiger partial charge is 0.481 e. The Morgan fingerprint density at radius 1 is 1.36 bits per heavy atom. The summed E-state index contributed by atoms with van der Waals surface area (Å²) in [7, 11) is 0. The topological polar surface area (TPSA) is 66.4 Å². The molecule has 1 saturated carbocycles. The molecule has 1 amide bonds. The predicted octanol–water partition coefficient (Wildman–Crippen LogP) is 3.55. The quantitative estimate of drug-likeness (QED) is 0.848. The van der Waals surface area contributed by atoms with Crippen molar-refractivity contribution in [2.24, 2.45) is 5.92 Å². The van der Waals surface area contributed by atoms with Gasteiger partial charge in [0.25, 0.3) is 0 Å². The van der Waals surface area contributed by atoms with Crippen molar-refractivity contribution < 1.29 is 14.7 Å². The number of carbonyl (C=O) groups is 2. The third kappa shape index (κ3) is 3.23. The zero-order chi connectivity index (χ0) is 15.7. The number of carboxylic acid groups (broad SMARTS) is 1. The molecule has 6 heteroatoms. The van der Waals surface area contributed by atoms with E-state index < -0.39 is 12.0 Å². The van der Waals surface area contributed by atoms with Crippen LogP contribution in [0, 0.1) is 12.8 Å². The summed E-state index contributed by atoms with van der Waals surface area (Å²) in [5.41, 5.74) is 1.24. The lowest BCUT2D eigenvalue weighted by Gasteiger charge is -2.15. The van der Waals surface area contributed by atoms with Crippen LogP contribution in [0.4, 0.5) is 0 Å². The van der Waals surface area contributed by atoms with Crippen LogP contribution >= 0.6 is 22.7 Å². The lowest BCUT2D eigenvalue weighted by atomic mass is 10.1. The van der Waals surface area contributed by atoms with Crippen LogP contribution in [0.25, 0.3) is 0 Å². The molecule has 1 aliphatic rings. The van der Waals surface area contributed by atoms with Gasteiger partial charge in [0, 0.05) is 21.6 Å². The Morgan fingerprint density at radius 2 is 2.18 bits per heavy atom. The van der Waals surface area contributed by atoms with Crippen LogP contribution in [0.5, 0.6) is 0 Å². The van der Waals surface area contributed by atoms with Crippen LogP contribution in [0.3, 0.4) is 0 Å². The molecule has 2 N–H and O–H groups in total. The highest BCUT2D eigenvalue weighted by Gasteiger charge is 2.45. The van der Waals surface area contributed by atoms with E-state index in [0.717, 1.165) is 11.3 Å². The zero-order valence-corrected chi connectivity index (χ0v) is 13.7. The van der Waals surface area contributed by atoms with Gasteiger partial charge in [-0.05, 0) is 41.8 Å². The van der Waals surface area contributed by atoms with Crippen LogP contribution in [0.15, 0.2) is 29.0 Å². The third-order valence-corrected chi connectivity index (χ3v) is 6.08. The maximum Gasteiger partial charge on any atom is 0.305 e. The van der Waals surface area contributed by atoms with Crippen LogP contribution in [-0.2, 0) is 9.59 Å². The number of thiophene rings is 2. The number of amides is 1. The lowest BCUT2D eigenvalue weighted by Crippen LogP contribution is -2.31. The number of carbonyl (C=O) groups excluding carboxylic acids is 1. The molecule has 0 unspecified atom stereocenters. The van der Waals surface area contributed by atoms with Crippen LogP contribution in [0.1, 0.15) is 40.1 Å². The van der Waals surface area contributed by atoms with E-state index in [2.05, 4.69) is 23.7 Å². The van der Waals surface area contributed by atoms with Gasteiger partial charge in [-0.15, -0.1) is 22.7 Å². The summed E-state index contributed by atoms with van der Waals surface area (Å²) in [5.74, 6) is -0.653. The molecule has 1 aliphatic carbocycles. The maximum absolute atomic E-state index is 12.4. The molecule has 0 bridgehead atoms. The van der Waals surface area contributed by atoms with Gasteiger partial charge in [0.05, 0.1) is 12.5 Å². The average Bonchev–Trinajstić information content (AvgIpc) is 2.86. The maximum atomic E-state index is 12.4. The number of aliphatic carboxylic acids is 1. The van der Waals surface area contributed by atoms with Gasteiger partial charge in [-0.25, -0.2) is 0 Å². The summed E-state index contributed by atoms with van der Waals surface area (Å²) in [6, 6.07) is 5.38. The van der Waals surface area contributed by atoms with Gasteiger partial charge in [-0.3, -0.25) is 9.59 Å². The van der Waals surface area contributed by atoms with Crippen molar-refractivity contribution in [1.82, 2.24) is 5.32 Å². The molecule has 1 fully saturated rings. The minimum Gasteiger partial charge on any atom is -0.481 e. The fraction of sp³-hybridized carbons (Fsp3) is 0.375. The van der Waals surface area contributed by atoms with E-state index in [0.29, 0.717) is 5.92 Å². The van der Waals surface area contributed by atoms with Crippen molar-refractivity contribution in [3.05, 3.63) is 44.3 Å². The van der Waals surface area contributed by atoms with Gasteiger partial charge >= 0.3 is 5.97 Å². The number of nitrogens with one attached hydrogen (secondary N) is 1. The molecule has 0 radical (unpaired) electrons. The number of aryl methyl sites for hydroxylation is 1. The van der Waals surface area contributed by atoms with E-state index in [1.165, 1.54) is 21.8 Å². The zero-order valence-electron chi connectivity index (χ0n) is 12.1. The predicted molar refractivity (Wildman–Crippen MR) is 87.4 cm³/mol. The molecule has 0 aliphatic heterocycles. The Hall–Kier alpha value is -1.66. The number of rotatable bonds is 6. The minimum atomic E-state index is -0.903. The SMILES string of the molecule is Cc1ccsc1[C@@H]1C[C@H]1C(=O)N[C@@H](CC(=O)O)c1cccs1. The Labute approximate surface area is 136 Å². The highest BCUT2D eigenvalue weighted by Crippen LogP contribution is 2.50. The van der Waals surface area contributed by atoms with E-state index in [1.807, 2.05) is 17.5 Å². The Morgan fingerprint density at radius 3 is 2.77 bits per heavy atom. The van der Waals surface area contributed by atoms with Crippen molar-refractivity contribution >= 4 is 34.6 Å². The first kappa shape index (κ1) is 15.2. The van der Waals surface area contributed by atoms with Crippen LogP contribution in [-0.4, -0.2) is 17.0 Å². The van der Waals surface area contributed by atoms with Crippen molar-refractivity contribution in [2.75, 3.05) is 0 Å². The molecule has 2 heterocycles. The van der Waals surface area contributed by atoms with E-state index in [9.17, 15) is 9.59 Å². The second-order valence-electron chi connectivity index (χ2n) is 5.59. The van der Waals surface area contributed by atoms with Gasteiger partial charge in [0.15, 0.2) is 0 Å². The summed E-state index contributed by atoms with van der Waals surface area (Å²) in [5, 5.41) is 15.9. The molecule has 3 atom stereocenters. The van der Waals surface area contributed by atoms with Gasteiger partial charge in [0.2, 0.25) is 5.91 Å². The average molecular weight is 335 g/mol. The minimum absolute atomic E-state index is 0.0198. The van der Waals surface area contributed by atoms with E-state index >= 15 is 0 Å². The first-order valence-corrected chi connectivity index (χ1v) is 8.91. The van der Waals surface area contributed by atoms with Crippen molar-refractivity contribution in [3.8, 4) is 0 Å². The van der Waals surface area contributed by atoms with Gasteiger partial charge < -0.3 is 10.4 Å². The molecule has 2 aromatic heterocycles. The monoisotopic (exact) mass is 335 g/mol. The molecule has 0 spiro atoms. The van der Waals surface area contributed by atoms with E-state index in [-0.39, 0.29) is 18.2 Å². The van der Waals surface area contributed by atoms with Gasteiger partial charge in [0.1, 0.15) is 0 Å². The first-order valence-electron chi connectivity index (χ1n) is 7.16. The normalized spacial score (nSPS) is 21.3. The summed E-state index contributed by atoms with van der Waals surface area (Å²) < 4.78 is 0. The lowest BCUT2D eigenvalue weighted by molar-refractivity contribution is -0.137. The van der Waals surface area contributed by atoms with Crippen LogP contribution < -0.4 is 5.32 Å². The second kappa shape index (κ2) is 6.22. The molecule has 3 rings (SSSR count). The highest BCUT2D eigenvalue weighted by molar-refractivity contribution is 7.10. The fourth-order valence-corrected chi connectivity index (χ4v) is 4.59. The number of hydrogen-bond acceptors (Lipinski definition) is 4. The number of hydrogen-bond donors (Lipinski definition) is 2. The van der Waals surface area contributed by atoms with E-state index in [1.54, 1.807) is 11.3 Å². The van der Waals surface area contributed by atoms with Crippen molar-refractivity contribution in [1.29, 1.82) is 0 Å². The van der Waals surface area contributed by atoms with Gasteiger partial charge in [-0.2, -0.15) is 0 Å². The third-order valence-electron chi connectivity index (χ3n) is 3.95. The van der Waals surface area contributed by atoms with E-state index in [4.69, 9.17) is 5.11 Å². The standard InChI is InChI=1S/C16H17NO3S2/c1-9-4-6-22-15(9)10-7-11(10)16(20)17-12(8-14(18)19)13-3-2-5-21-13/h2-6,10-12H,7-8H2,1H3,(H,17,20)(H,18,19)/t10-,11-,12+/m1/s1. The molecule has 2 aromatic rings. The summed E-state index contributed by atoms with van der Waals surface area (Å²) in [6.45, 7) is 2.07. The molecule has 116 valence electrons. The molecular formula is C16H17NO3S2. The summed E-state index contributed by atoms with van der Waals surface area (Å²) in [6.07, 6.45) is 0.777. The Kier molecular flexibility index (Phi) is 4.31. The summed E-state index contributed by atoms with van der Waals surface area (Å²) in [4.78, 5) is 25.6. The molecule has 22 heavy (non-hydrogen) atoms. The fourth-order valence-electron chi connectivity index (χ4n) is 2.70. The summed E-state index contributed by atoms with van der Waals surface area (Å²) >= 11 is 3.17. The second-order valence-corrected chi connectivity index (χ2v) is 7.52. The number of carboxylic acids is 1. The van der Waals surface area contributed by atoms with Gasteiger partial charge in [-0.1, -0.05) is 6.07 Å². The highest BCUT2D eigenvalue weighted by atomic mass is 32.1. The molecular weight excluding hydrogens is 318 g/mol. The Balaban J connectivity index is 1.65. The van der Waals surface area contributed by atoms with Crippen molar-refractivity contribution in [2.45, 2.75) is 31.7 Å². The smallest absolute Gasteiger partial charge is 0.305 e. The van der Waals surface area contributed by atoms with Crippen molar-refractivity contribution in [3.63, 3.8) is 0 Å².